The number of amides is 2. The zero-order chi connectivity index (χ0) is 15.1. The van der Waals surface area contributed by atoms with Crippen molar-refractivity contribution in [3.63, 3.8) is 0 Å². The first-order valence-corrected chi connectivity index (χ1v) is 6.72. The molecule has 0 aliphatic carbocycles. The average Bonchev–Trinajstić information content (AvgIpc) is 2.86. The Labute approximate surface area is 119 Å². The van der Waals surface area contributed by atoms with Crippen molar-refractivity contribution in [3.05, 3.63) is 24.2 Å². The lowest BCUT2D eigenvalue weighted by atomic mass is 10.2. The molecule has 1 aromatic rings. The second-order valence-electron chi connectivity index (χ2n) is 5.04. The molecule has 1 N–H and O–H groups in total. The smallest absolute Gasteiger partial charge is 0.323 e. The van der Waals surface area contributed by atoms with Crippen LogP contribution in [0.2, 0.25) is 0 Å². The fourth-order valence-electron chi connectivity index (χ4n) is 1.92. The number of hydrogen-bond donors (Lipinski definition) is 1. The molecule has 1 aromatic heterocycles. The largest absolute Gasteiger partial charge is 0.480 e. The van der Waals surface area contributed by atoms with Crippen molar-refractivity contribution in [2.45, 2.75) is 27.3 Å². The van der Waals surface area contributed by atoms with Gasteiger partial charge in [0, 0.05) is 13.1 Å². The van der Waals surface area contributed by atoms with Crippen molar-refractivity contribution in [2.24, 2.45) is 5.92 Å². The topological polar surface area (TPSA) is 74.0 Å². The van der Waals surface area contributed by atoms with Crippen LogP contribution in [0.25, 0.3) is 0 Å². The zero-order valence-electron chi connectivity index (χ0n) is 12.2. The van der Waals surface area contributed by atoms with E-state index in [0.29, 0.717) is 25.4 Å². The molecule has 1 heterocycles. The highest BCUT2D eigenvalue weighted by molar-refractivity contribution is 5.80. The highest BCUT2D eigenvalue weighted by Gasteiger charge is 2.23. The van der Waals surface area contributed by atoms with Crippen molar-refractivity contribution in [1.29, 1.82) is 0 Å². The normalized spacial score (nSPS) is 10.6. The fourth-order valence-corrected chi connectivity index (χ4v) is 1.92. The van der Waals surface area contributed by atoms with E-state index in [1.54, 1.807) is 23.3 Å². The van der Waals surface area contributed by atoms with E-state index in [4.69, 9.17) is 9.52 Å². The van der Waals surface area contributed by atoms with Gasteiger partial charge in [-0.25, -0.2) is 4.79 Å². The van der Waals surface area contributed by atoms with E-state index in [1.165, 1.54) is 4.90 Å². The van der Waals surface area contributed by atoms with Gasteiger partial charge in [0.2, 0.25) is 0 Å². The van der Waals surface area contributed by atoms with Crippen LogP contribution in [0.3, 0.4) is 0 Å². The quantitative estimate of drug-likeness (QED) is 0.832. The van der Waals surface area contributed by atoms with Crippen molar-refractivity contribution >= 4 is 12.0 Å². The van der Waals surface area contributed by atoms with Crippen LogP contribution in [0.1, 0.15) is 26.5 Å². The fraction of sp³-hybridized carbons (Fsp3) is 0.571. The Hall–Kier alpha value is -1.98. The molecule has 0 fully saturated rings. The number of aliphatic carboxylic acids is 1. The van der Waals surface area contributed by atoms with Gasteiger partial charge in [-0.3, -0.25) is 4.79 Å². The summed E-state index contributed by atoms with van der Waals surface area (Å²) in [7, 11) is 0. The first kappa shape index (κ1) is 16.1. The molecule has 6 nitrogen and oxygen atoms in total. The maximum Gasteiger partial charge on any atom is 0.323 e. The number of urea groups is 1. The molecule has 2 amide bonds. The molecule has 0 unspecified atom stereocenters. The molecular formula is C14H22N2O4. The Morgan fingerprint density at radius 2 is 2.05 bits per heavy atom. The predicted molar refractivity (Wildman–Crippen MR) is 74.2 cm³/mol. The molecule has 0 saturated carbocycles. The van der Waals surface area contributed by atoms with Crippen LogP contribution in [0.5, 0.6) is 0 Å². The van der Waals surface area contributed by atoms with E-state index >= 15 is 0 Å². The lowest BCUT2D eigenvalue weighted by Gasteiger charge is -2.29. The minimum Gasteiger partial charge on any atom is -0.480 e. The minimum atomic E-state index is -1.01. The van der Waals surface area contributed by atoms with Gasteiger partial charge in [-0.15, -0.1) is 0 Å². The molecule has 1 rings (SSSR count). The summed E-state index contributed by atoms with van der Waals surface area (Å²) in [5, 5.41) is 8.93. The summed E-state index contributed by atoms with van der Waals surface area (Å²) in [6, 6.07) is 3.27. The maximum absolute atomic E-state index is 12.4. The summed E-state index contributed by atoms with van der Waals surface area (Å²) in [5.74, 6) is -0.117. The van der Waals surface area contributed by atoms with Crippen LogP contribution in [0.15, 0.2) is 22.8 Å². The van der Waals surface area contributed by atoms with Crippen molar-refractivity contribution in [2.75, 3.05) is 19.6 Å². The molecule has 0 aromatic carbocycles. The monoisotopic (exact) mass is 282 g/mol. The average molecular weight is 282 g/mol. The van der Waals surface area contributed by atoms with Gasteiger partial charge in [-0.1, -0.05) is 13.8 Å². The van der Waals surface area contributed by atoms with Gasteiger partial charge in [0.1, 0.15) is 12.3 Å². The molecule has 20 heavy (non-hydrogen) atoms. The number of carboxylic acid groups (broad SMARTS) is 1. The molecule has 0 aliphatic heterocycles. The van der Waals surface area contributed by atoms with Crippen LogP contribution >= 0.6 is 0 Å². The van der Waals surface area contributed by atoms with Gasteiger partial charge in [0.15, 0.2) is 0 Å². The van der Waals surface area contributed by atoms with Crippen LogP contribution in [-0.4, -0.2) is 46.5 Å². The SMILES string of the molecule is CCN(Cc1ccco1)C(=O)N(CC(=O)O)CC(C)C. The van der Waals surface area contributed by atoms with E-state index < -0.39 is 5.97 Å². The number of carbonyl (C=O) groups excluding carboxylic acids is 1. The van der Waals surface area contributed by atoms with Crippen LogP contribution < -0.4 is 0 Å². The minimum absolute atomic E-state index is 0.209. The maximum atomic E-state index is 12.4. The molecular weight excluding hydrogens is 260 g/mol. The summed E-state index contributed by atoms with van der Waals surface area (Å²) in [4.78, 5) is 26.2. The van der Waals surface area contributed by atoms with Crippen molar-refractivity contribution in [1.82, 2.24) is 9.80 Å². The van der Waals surface area contributed by atoms with Crippen LogP contribution in [0.4, 0.5) is 4.79 Å². The van der Waals surface area contributed by atoms with Crippen molar-refractivity contribution in [3.8, 4) is 0 Å². The molecule has 0 spiro atoms. The summed E-state index contributed by atoms with van der Waals surface area (Å²) >= 11 is 0. The third-order valence-electron chi connectivity index (χ3n) is 2.76. The number of furan rings is 1. The van der Waals surface area contributed by atoms with Gasteiger partial charge >= 0.3 is 12.0 Å². The summed E-state index contributed by atoms with van der Waals surface area (Å²) in [5.41, 5.74) is 0. The standard InChI is InChI=1S/C14H22N2O4/c1-4-15(9-12-6-5-7-20-12)14(19)16(8-11(2)3)10-13(17)18/h5-7,11H,4,8-10H2,1-3H3,(H,17,18). The van der Waals surface area contributed by atoms with Gasteiger partial charge < -0.3 is 19.3 Å². The first-order valence-electron chi connectivity index (χ1n) is 6.72. The second-order valence-corrected chi connectivity index (χ2v) is 5.04. The Morgan fingerprint density at radius 3 is 2.50 bits per heavy atom. The Balaban J connectivity index is 2.75. The van der Waals surface area contributed by atoms with E-state index in [9.17, 15) is 9.59 Å². The predicted octanol–water partition coefficient (Wildman–Crippen LogP) is 2.26. The van der Waals surface area contributed by atoms with Gasteiger partial charge in [0.05, 0.1) is 12.8 Å². The first-order chi connectivity index (χ1) is 9.43. The Bertz CT molecular complexity index is 428. The molecule has 112 valence electrons. The molecule has 0 saturated heterocycles. The summed E-state index contributed by atoms with van der Waals surface area (Å²) in [6.45, 7) is 6.72. The highest BCUT2D eigenvalue weighted by Crippen LogP contribution is 2.10. The Morgan fingerprint density at radius 1 is 1.35 bits per heavy atom. The molecule has 0 aliphatic rings. The third kappa shape index (κ3) is 4.95. The van der Waals surface area contributed by atoms with E-state index in [1.807, 2.05) is 20.8 Å². The molecule has 0 radical (unpaired) electrons. The van der Waals surface area contributed by atoms with E-state index in [-0.39, 0.29) is 18.5 Å². The number of carboxylic acids is 1. The number of nitrogens with zero attached hydrogens (tertiary/aromatic N) is 2. The van der Waals surface area contributed by atoms with Gasteiger partial charge in [0.25, 0.3) is 0 Å². The molecule has 0 atom stereocenters. The zero-order valence-corrected chi connectivity index (χ0v) is 12.2. The number of carbonyl (C=O) groups is 2. The lowest BCUT2D eigenvalue weighted by Crippen LogP contribution is -2.46. The number of rotatable bonds is 7. The third-order valence-corrected chi connectivity index (χ3v) is 2.76. The second kappa shape index (κ2) is 7.57. The Kier molecular flexibility index (Phi) is 6.09. The van der Waals surface area contributed by atoms with Crippen LogP contribution in [0, 0.1) is 5.92 Å². The van der Waals surface area contributed by atoms with E-state index in [0.717, 1.165) is 0 Å². The molecule has 6 heteroatoms. The number of hydrogen-bond acceptors (Lipinski definition) is 3. The lowest BCUT2D eigenvalue weighted by molar-refractivity contribution is -0.137. The summed E-state index contributed by atoms with van der Waals surface area (Å²) in [6.07, 6.45) is 1.55. The highest BCUT2D eigenvalue weighted by atomic mass is 16.4. The van der Waals surface area contributed by atoms with Gasteiger partial charge in [-0.2, -0.15) is 0 Å². The van der Waals surface area contributed by atoms with E-state index in [2.05, 4.69) is 0 Å². The van der Waals surface area contributed by atoms with Gasteiger partial charge in [-0.05, 0) is 25.0 Å². The van der Waals surface area contributed by atoms with Crippen molar-refractivity contribution < 1.29 is 19.1 Å². The van der Waals surface area contributed by atoms with Crippen LogP contribution in [-0.2, 0) is 11.3 Å². The molecule has 0 bridgehead atoms. The summed E-state index contributed by atoms with van der Waals surface area (Å²) < 4.78 is 5.23.